The third-order valence-corrected chi connectivity index (χ3v) is 4.39. The number of anilines is 1. The Balaban J connectivity index is 1.81. The number of amides is 2. The maximum atomic E-state index is 12.4. The van der Waals surface area contributed by atoms with Crippen LogP contribution in [0.15, 0.2) is 48.5 Å². The lowest BCUT2D eigenvalue weighted by molar-refractivity contribution is 0.0952. The van der Waals surface area contributed by atoms with Crippen molar-refractivity contribution in [2.24, 2.45) is 0 Å². The van der Waals surface area contributed by atoms with Gasteiger partial charge in [-0.1, -0.05) is 24.3 Å². The van der Waals surface area contributed by atoms with E-state index in [4.69, 9.17) is 0 Å². The molecule has 3 rings (SSSR count). The molecule has 0 atom stereocenters. The number of nitrogens with one attached hydrogen (secondary N) is 2. The van der Waals surface area contributed by atoms with E-state index in [-0.39, 0.29) is 17.9 Å². The molecular weight excluding hydrogens is 391 g/mol. The first-order valence-electron chi connectivity index (χ1n) is 7.11. The molecule has 0 heterocycles. The van der Waals surface area contributed by atoms with Crippen LogP contribution in [-0.4, -0.2) is 17.9 Å². The Kier molecular flexibility index (Phi) is 4.42. The lowest BCUT2D eigenvalue weighted by atomic mass is 10.1. The fraction of sp³-hybridized carbons (Fsp3) is 0.176. The van der Waals surface area contributed by atoms with Gasteiger partial charge in [-0.25, -0.2) is 0 Å². The summed E-state index contributed by atoms with van der Waals surface area (Å²) in [7, 11) is 0. The Morgan fingerprint density at radius 3 is 2.23 bits per heavy atom. The minimum absolute atomic E-state index is 0.138. The van der Waals surface area contributed by atoms with Gasteiger partial charge in [0.05, 0.1) is 16.8 Å². The van der Waals surface area contributed by atoms with Crippen LogP contribution in [0.2, 0.25) is 0 Å². The van der Waals surface area contributed by atoms with Gasteiger partial charge in [0, 0.05) is 9.61 Å². The fourth-order valence-corrected chi connectivity index (χ4v) is 2.75. The summed E-state index contributed by atoms with van der Waals surface area (Å²) in [6.07, 6.45) is 2.06. The summed E-state index contributed by atoms with van der Waals surface area (Å²) in [6.45, 7) is 0. The van der Waals surface area contributed by atoms with E-state index >= 15 is 0 Å². The highest BCUT2D eigenvalue weighted by Gasteiger charge is 2.25. The molecule has 5 heteroatoms. The molecule has 0 aromatic heterocycles. The molecular formula is C17H15IN2O2. The lowest BCUT2D eigenvalue weighted by Crippen LogP contribution is -2.27. The average molecular weight is 406 g/mol. The molecule has 22 heavy (non-hydrogen) atoms. The summed E-state index contributed by atoms with van der Waals surface area (Å²) < 4.78 is 0.873. The molecule has 0 aliphatic heterocycles. The first-order valence-corrected chi connectivity index (χ1v) is 8.19. The Labute approximate surface area is 142 Å². The standard InChI is InChI=1S/C17H15IN2O2/c18-14-7-3-1-5-12(14)16(21)20-15-8-4-2-6-13(15)17(22)19-11-9-10-11/h1-8,11H,9-10H2,(H,19,22)(H,20,21). The highest BCUT2D eigenvalue weighted by molar-refractivity contribution is 14.1. The smallest absolute Gasteiger partial charge is 0.256 e. The lowest BCUT2D eigenvalue weighted by Gasteiger charge is -2.11. The predicted octanol–water partition coefficient (Wildman–Crippen LogP) is 3.44. The zero-order valence-corrected chi connectivity index (χ0v) is 14.0. The Bertz CT molecular complexity index is 726. The van der Waals surface area contributed by atoms with Crippen molar-refractivity contribution < 1.29 is 9.59 Å². The number of carbonyl (C=O) groups is 2. The highest BCUT2D eigenvalue weighted by atomic mass is 127. The molecule has 2 amide bonds. The van der Waals surface area contributed by atoms with Crippen LogP contribution in [0.4, 0.5) is 5.69 Å². The summed E-state index contributed by atoms with van der Waals surface area (Å²) in [4.78, 5) is 24.6. The molecule has 2 aromatic carbocycles. The minimum atomic E-state index is -0.211. The van der Waals surface area contributed by atoms with Crippen LogP contribution < -0.4 is 10.6 Å². The molecule has 2 N–H and O–H groups in total. The van der Waals surface area contributed by atoms with Crippen molar-refractivity contribution in [1.82, 2.24) is 5.32 Å². The molecule has 0 bridgehead atoms. The van der Waals surface area contributed by atoms with Crippen LogP contribution in [0.5, 0.6) is 0 Å². The van der Waals surface area contributed by atoms with Crippen molar-refractivity contribution >= 4 is 40.1 Å². The van der Waals surface area contributed by atoms with Gasteiger partial charge in [-0.05, 0) is 59.7 Å². The molecule has 1 saturated carbocycles. The van der Waals surface area contributed by atoms with Gasteiger partial charge in [-0.3, -0.25) is 9.59 Å². The van der Waals surface area contributed by atoms with Gasteiger partial charge in [-0.15, -0.1) is 0 Å². The number of para-hydroxylation sites is 1. The molecule has 2 aromatic rings. The second kappa shape index (κ2) is 6.48. The Morgan fingerprint density at radius 2 is 1.55 bits per heavy atom. The van der Waals surface area contributed by atoms with Crippen LogP contribution in [0.1, 0.15) is 33.6 Å². The van der Waals surface area contributed by atoms with E-state index in [1.165, 1.54) is 0 Å². The van der Waals surface area contributed by atoms with E-state index in [1.807, 2.05) is 18.2 Å². The second-order valence-corrected chi connectivity index (χ2v) is 6.39. The zero-order chi connectivity index (χ0) is 15.5. The summed E-state index contributed by atoms with van der Waals surface area (Å²) in [5.41, 5.74) is 1.62. The fourth-order valence-electron chi connectivity index (χ4n) is 2.12. The quantitative estimate of drug-likeness (QED) is 0.765. The maximum Gasteiger partial charge on any atom is 0.256 e. The molecule has 0 radical (unpaired) electrons. The summed E-state index contributed by atoms with van der Waals surface area (Å²) in [5.74, 6) is -0.349. The predicted molar refractivity (Wildman–Crippen MR) is 94.0 cm³/mol. The number of hydrogen-bond donors (Lipinski definition) is 2. The van der Waals surface area contributed by atoms with Crippen LogP contribution in [-0.2, 0) is 0 Å². The van der Waals surface area contributed by atoms with E-state index < -0.39 is 0 Å². The van der Waals surface area contributed by atoms with Crippen LogP contribution in [0.3, 0.4) is 0 Å². The third-order valence-electron chi connectivity index (χ3n) is 3.45. The first kappa shape index (κ1) is 15.0. The number of halogens is 1. The Morgan fingerprint density at radius 1 is 0.909 bits per heavy atom. The van der Waals surface area contributed by atoms with Gasteiger partial charge in [0.2, 0.25) is 0 Å². The van der Waals surface area contributed by atoms with Crippen molar-refractivity contribution in [2.75, 3.05) is 5.32 Å². The number of benzene rings is 2. The van der Waals surface area contributed by atoms with E-state index in [9.17, 15) is 9.59 Å². The van der Waals surface area contributed by atoms with Crippen molar-refractivity contribution in [1.29, 1.82) is 0 Å². The topological polar surface area (TPSA) is 58.2 Å². The van der Waals surface area contributed by atoms with E-state index in [2.05, 4.69) is 33.2 Å². The van der Waals surface area contributed by atoms with Crippen LogP contribution in [0.25, 0.3) is 0 Å². The average Bonchev–Trinajstić information content (AvgIpc) is 3.32. The van der Waals surface area contributed by atoms with Gasteiger partial charge >= 0.3 is 0 Å². The molecule has 112 valence electrons. The minimum Gasteiger partial charge on any atom is -0.349 e. The van der Waals surface area contributed by atoms with Crippen molar-refractivity contribution in [3.63, 3.8) is 0 Å². The molecule has 1 aliphatic carbocycles. The summed E-state index contributed by atoms with van der Waals surface area (Å²) in [5, 5.41) is 5.78. The maximum absolute atomic E-state index is 12.4. The number of carbonyl (C=O) groups excluding carboxylic acids is 2. The van der Waals surface area contributed by atoms with E-state index in [0.717, 1.165) is 16.4 Å². The molecule has 0 saturated heterocycles. The second-order valence-electron chi connectivity index (χ2n) is 5.23. The normalized spacial score (nSPS) is 13.5. The summed E-state index contributed by atoms with van der Waals surface area (Å²) >= 11 is 2.12. The monoisotopic (exact) mass is 406 g/mol. The molecule has 0 spiro atoms. The van der Waals surface area contributed by atoms with Crippen molar-refractivity contribution in [2.45, 2.75) is 18.9 Å². The van der Waals surface area contributed by atoms with Gasteiger partial charge in [0.1, 0.15) is 0 Å². The Hall–Kier alpha value is -1.89. The first-order chi connectivity index (χ1) is 10.6. The number of rotatable bonds is 4. The molecule has 1 aliphatic rings. The van der Waals surface area contributed by atoms with Crippen LogP contribution >= 0.6 is 22.6 Å². The van der Waals surface area contributed by atoms with Gasteiger partial charge in [-0.2, -0.15) is 0 Å². The highest BCUT2D eigenvalue weighted by Crippen LogP contribution is 2.22. The van der Waals surface area contributed by atoms with Crippen molar-refractivity contribution in [3.05, 3.63) is 63.2 Å². The van der Waals surface area contributed by atoms with Gasteiger partial charge < -0.3 is 10.6 Å². The SMILES string of the molecule is O=C(Nc1ccccc1C(=O)NC1CC1)c1ccccc1I. The van der Waals surface area contributed by atoms with Gasteiger partial charge in [0.25, 0.3) is 11.8 Å². The molecule has 4 nitrogen and oxygen atoms in total. The summed E-state index contributed by atoms with van der Waals surface area (Å²) in [6, 6.07) is 14.7. The van der Waals surface area contributed by atoms with E-state index in [1.54, 1.807) is 30.3 Å². The molecule has 1 fully saturated rings. The van der Waals surface area contributed by atoms with Crippen molar-refractivity contribution in [3.8, 4) is 0 Å². The zero-order valence-electron chi connectivity index (χ0n) is 11.8. The third kappa shape index (κ3) is 3.47. The number of hydrogen-bond acceptors (Lipinski definition) is 2. The molecule has 0 unspecified atom stereocenters. The van der Waals surface area contributed by atoms with Crippen LogP contribution in [0, 0.1) is 3.57 Å². The largest absolute Gasteiger partial charge is 0.349 e. The van der Waals surface area contributed by atoms with E-state index in [0.29, 0.717) is 16.8 Å². The van der Waals surface area contributed by atoms with Gasteiger partial charge in [0.15, 0.2) is 0 Å².